The summed E-state index contributed by atoms with van der Waals surface area (Å²) in [7, 11) is 2.15. The first-order chi connectivity index (χ1) is 8.24. The van der Waals surface area contributed by atoms with Crippen molar-refractivity contribution in [3.63, 3.8) is 0 Å². The van der Waals surface area contributed by atoms with Crippen LogP contribution >= 0.6 is 0 Å². The van der Waals surface area contributed by atoms with Gasteiger partial charge in [-0.1, -0.05) is 12.1 Å². The van der Waals surface area contributed by atoms with Gasteiger partial charge in [-0.25, -0.2) is 0 Å². The lowest BCUT2D eigenvalue weighted by molar-refractivity contribution is 0.230. The average Bonchev–Trinajstić information content (AvgIpc) is 2.36. The summed E-state index contributed by atoms with van der Waals surface area (Å²) in [5, 5.41) is 9.18. The fourth-order valence-corrected chi connectivity index (χ4v) is 2.52. The molecule has 0 fully saturated rings. The number of aryl methyl sites for hydroxylation is 1. The third-order valence-electron chi connectivity index (χ3n) is 3.61. The first kappa shape index (κ1) is 12.4. The molecule has 0 amide bonds. The van der Waals surface area contributed by atoms with Gasteiger partial charge < -0.3 is 15.7 Å². The molecule has 1 aliphatic rings. The molecule has 3 nitrogen and oxygen atoms in total. The van der Waals surface area contributed by atoms with E-state index in [-0.39, 0.29) is 12.5 Å². The van der Waals surface area contributed by atoms with Crippen molar-refractivity contribution in [1.29, 1.82) is 0 Å². The van der Waals surface area contributed by atoms with E-state index in [2.05, 4.69) is 30.1 Å². The molecule has 0 saturated carbocycles. The molecule has 94 valence electrons. The van der Waals surface area contributed by atoms with Gasteiger partial charge in [-0.15, -0.1) is 0 Å². The smallest absolute Gasteiger partial charge is 0.0474 e. The van der Waals surface area contributed by atoms with Crippen LogP contribution in [0.15, 0.2) is 18.2 Å². The van der Waals surface area contributed by atoms with Crippen molar-refractivity contribution >= 4 is 5.69 Å². The highest BCUT2D eigenvalue weighted by molar-refractivity contribution is 5.56. The van der Waals surface area contributed by atoms with Gasteiger partial charge in [-0.05, 0) is 48.9 Å². The standard InChI is InChI=1S/C14H22N2O/c1-16-6-2-3-13-8-11(4-5-14(13)16)7-12(9-15)10-17/h4-5,8,12,17H,2-3,6-7,9-10,15H2,1H3. The van der Waals surface area contributed by atoms with E-state index >= 15 is 0 Å². The second-order valence-electron chi connectivity index (χ2n) is 4.98. The molecule has 0 bridgehead atoms. The largest absolute Gasteiger partial charge is 0.396 e. The van der Waals surface area contributed by atoms with Crippen LogP contribution in [-0.4, -0.2) is 31.9 Å². The summed E-state index contributed by atoms with van der Waals surface area (Å²) >= 11 is 0. The summed E-state index contributed by atoms with van der Waals surface area (Å²) in [6, 6.07) is 6.65. The molecule has 1 atom stereocenters. The lowest BCUT2D eigenvalue weighted by Crippen LogP contribution is -2.25. The van der Waals surface area contributed by atoms with E-state index in [0.29, 0.717) is 6.54 Å². The van der Waals surface area contributed by atoms with Gasteiger partial charge in [0.25, 0.3) is 0 Å². The van der Waals surface area contributed by atoms with Crippen molar-refractivity contribution in [1.82, 2.24) is 0 Å². The Kier molecular flexibility index (Phi) is 4.02. The van der Waals surface area contributed by atoms with E-state index in [1.807, 2.05) is 0 Å². The number of hydrogen-bond acceptors (Lipinski definition) is 3. The lowest BCUT2D eigenvalue weighted by atomic mass is 9.94. The van der Waals surface area contributed by atoms with Crippen LogP contribution in [0, 0.1) is 5.92 Å². The summed E-state index contributed by atoms with van der Waals surface area (Å²) in [4.78, 5) is 2.31. The summed E-state index contributed by atoms with van der Waals surface area (Å²) in [5.41, 5.74) is 9.71. The molecule has 1 aromatic rings. The highest BCUT2D eigenvalue weighted by atomic mass is 16.3. The Labute approximate surface area is 103 Å². The van der Waals surface area contributed by atoms with Crippen LogP contribution in [0.25, 0.3) is 0 Å². The highest BCUT2D eigenvalue weighted by Gasteiger charge is 2.14. The topological polar surface area (TPSA) is 49.5 Å². The van der Waals surface area contributed by atoms with E-state index in [4.69, 9.17) is 5.73 Å². The molecule has 3 N–H and O–H groups in total. The quantitative estimate of drug-likeness (QED) is 0.822. The number of aliphatic hydroxyl groups is 1. The van der Waals surface area contributed by atoms with E-state index in [9.17, 15) is 5.11 Å². The van der Waals surface area contributed by atoms with Crippen molar-refractivity contribution in [2.75, 3.05) is 31.6 Å². The number of hydrogen-bond donors (Lipinski definition) is 2. The van der Waals surface area contributed by atoms with Gasteiger partial charge >= 0.3 is 0 Å². The summed E-state index contributed by atoms with van der Waals surface area (Å²) in [6.07, 6.45) is 3.27. The summed E-state index contributed by atoms with van der Waals surface area (Å²) < 4.78 is 0. The molecule has 0 radical (unpaired) electrons. The fraction of sp³-hybridized carbons (Fsp3) is 0.571. The van der Waals surface area contributed by atoms with Crippen LogP contribution in [0.4, 0.5) is 5.69 Å². The fourth-order valence-electron chi connectivity index (χ4n) is 2.52. The zero-order valence-electron chi connectivity index (χ0n) is 10.5. The number of nitrogens with two attached hydrogens (primary N) is 1. The Balaban J connectivity index is 2.15. The van der Waals surface area contributed by atoms with E-state index in [0.717, 1.165) is 13.0 Å². The third kappa shape index (κ3) is 2.79. The Hall–Kier alpha value is -1.06. The third-order valence-corrected chi connectivity index (χ3v) is 3.61. The van der Waals surface area contributed by atoms with Crippen molar-refractivity contribution in [2.24, 2.45) is 11.7 Å². The first-order valence-corrected chi connectivity index (χ1v) is 6.38. The Morgan fingerprint density at radius 3 is 3.00 bits per heavy atom. The summed E-state index contributed by atoms with van der Waals surface area (Å²) in [6.45, 7) is 1.87. The van der Waals surface area contributed by atoms with Crippen LogP contribution in [0.2, 0.25) is 0 Å². The van der Waals surface area contributed by atoms with Crippen molar-refractivity contribution in [2.45, 2.75) is 19.3 Å². The number of nitrogens with zero attached hydrogens (tertiary/aromatic N) is 1. The predicted molar refractivity (Wildman–Crippen MR) is 71.4 cm³/mol. The molecule has 1 heterocycles. The van der Waals surface area contributed by atoms with Crippen LogP contribution in [-0.2, 0) is 12.8 Å². The molecular formula is C14H22N2O. The predicted octanol–water partition coefficient (Wildman–Crippen LogP) is 1.18. The van der Waals surface area contributed by atoms with Gasteiger partial charge in [0.1, 0.15) is 0 Å². The molecule has 1 aliphatic heterocycles. The Bertz CT molecular complexity index is 374. The second kappa shape index (κ2) is 5.52. The summed E-state index contributed by atoms with van der Waals surface area (Å²) in [5.74, 6) is 0.189. The molecule has 3 heteroatoms. The minimum absolute atomic E-state index is 0.174. The van der Waals surface area contributed by atoms with Gasteiger partial charge in [0.15, 0.2) is 0 Å². The van der Waals surface area contributed by atoms with Crippen LogP contribution in [0.1, 0.15) is 17.5 Å². The average molecular weight is 234 g/mol. The molecular weight excluding hydrogens is 212 g/mol. The second-order valence-corrected chi connectivity index (χ2v) is 4.98. The minimum Gasteiger partial charge on any atom is -0.396 e. The van der Waals surface area contributed by atoms with Crippen LogP contribution in [0.5, 0.6) is 0 Å². The Morgan fingerprint density at radius 1 is 1.47 bits per heavy atom. The van der Waals surface area contributed by atoms with E-state index < -0.39 is 0 Å². The maximum absolute atomic E-state index is 9.18. The van der Waals surface area contributed by atoms with Gasteiger partial charge in [0.05, 0.1) is 0 Å². The van der Waals surface area contributed by atoms with E-state index in [1.54, 1.807) is 0 Å². The van der Waals surface area contributed by atoms with Crippen molar-refractivity contribution < 1.29 is 5.11 Å². The first-order valence-electron chi connectivity index (χ1n) is 6.38. The number of fused-ring (bicyclic) bond motifs is 1. The molecule has 0 aliphatic carbocycles. The van der Waals surface area contributed by atoms with Crippen molar-refractivity contribution in [3.8, 4) is 0 Å². The normalized spacial score (nSPS) is 16.8. The number of rotatable bonds is 4. The van der Waals surface area contributed by atoms with Crippen LogP contribution < -0.4 is 10.6 Å². The van der Waals surface area contributed by atoms with Crippen molar-refractivity contribution in [3.05, 3.63) is 29.3 Å². The zero-order chi connectivity index (χ0) is 12.3. The molecule has 1 aromatic carbocycles. The maximum Gasteiger partial charge on any atom is 0.0474 e. The number of anilines is 1. The zero-order valence-corrected chi connectivity index (χ0v) is 10.5. The lowest BCUT2D eigenvalue weighted by Gasteiger charge is -2.28. The van der Waals surface area contributed by atoms with E-state index in [1.165, 1.54) is 29.7 Å². The van der Waals surface area contributed by atoms with Gasteiger partial charge in [-0.2, -0.15) is 0 Å². The molecule has 17 heavy (non-hydrogen) atoms. The molecule has 0 saturated heterocycles. The number of aliphatic hydroxyl groups excluding tert-OH is 1. The molecule has 0 spiro atoms. The SMILES string of the molecule is CN1CCCc2cc(CC(CN)CO)ccc21. The van der Waals surface area contributed by atoms with Gasteiger partial charge in [0, 0.05) is 25.9 Å². The van der Waals surface area contributed by atoms with Gasteiger partial charge in [0.2, 0.25) is 0 Å². The molecule has 2 rings (SSSR count). The van der Waals surface area contributed by atoms with Gasteiger partial charge in [-0.3, -0.25) is 0 Å². The Morgan fingerprint density at radius 2 is 2.29 bits per heavy atom. The monoisotopic (exact) mass is 234 g/mol. The minimum atomic E-state index is 0.174. The molecule has 1 unspecified atom stereocenters. The highest BCUT2D eigenvalue weighted by Crippen LogP contribution is 2.27. The maximum atomic E-state index is 9.18. The molecule has 0 aromatic heterocycles. The number of benzene rings is 1. The van der Waals surface area contributed by atoms with Crippen LogP contribution in [0.3, 0.4) is 0 Å².